The van der Waals surface area contributed by atoms with Crippen molar-refractivity contribution in [3.8, 4) is 11.4 Å². The highest BCUT2D eigenvalue weighted by Crippen LogP contribution is 2.34. The number of nitrogens with zero attached hydrogens (tertiary/aromatic N) is 4. The van der Waals surface area contributed by atoms with E-state index < -0.39 is 49.8 Å². The molecule has 0 fully saturated rings. The smallest absolute Gasteiger partial charge is 0.290 e. The number of alkyl halides is 6. The molecule has 0 atom stereocenters. The van der Waals surface area contributed by atoms with Crippen molar-refractivity contribution < 1.29 is 34.8 Å². The summed E-state index contributed by atoms with van der Waals surface area (Å²) in [5.74, 6) is -0.504. The summed E-state index contributed by atoms with van der Waals surface area (Å²) >= 11 is 0. The van der Waals surface area contributed by atoms with Crippen LogP contribution >= 0.6 is 0 Å². The summed E-state index contributed by atoms with van der Waals surface area (Å²) in [6.45, 7) is 1.24. The summed E-state index contributed by atoms with van der Waals surface area (Å²) in [7, 11) is -4.14. The van der Waals surface area contributed by atoms with Crippen LogP contribution in [-0.4, -0.2) is 33.5 Å². The third-order valence-electron chi connectivity index (χ3n) is 3.78. The van der Waals surface area contributed by atoms with E-state index in [1.807, 2.05) is 0 Å². The van der Waals surface area contributed by atoms with Crippen LogP contribution in [0.5, 0.6) is 0 Å². The second kappa shape index (κ2) is 6.43. The molecule has 0 aliphatic rings. The van der Waals surface area contributed by atoms with E-state index in [4.69, 9.17) is 0 Å². The Labute approximate surface area is 153 Å². The second-order valence-electron chi connectivity index (χ2n) is 5.64. The van der Waals surface area contributed by atoms with Crippen molar-refractivity contribution in [3.63, 3.8) is 0 Å². The van der Waals surface area contributed by atoms with Crippen molar-refractivity contribution in [3.05, 3.63) is 42.1 Å². The fraction of sp³-hybridized carbons (Fsp3) is 0.267. The van der Waals surface area contributed by atoms with E-state index in [-0.39, 0.29) is 11.3 Å². The van der Waals surface area contributed by atoms with Crippen LogP contribution in [0, 0.1) is 0 Å². The van der Waals surface area contributed by atoms with E-state index in [1.165, 1.54) is 6.92 Å². The number of imidazole rings is 1. The van der Waals surface area contributed by atoms with E-state index >= 15 is 0 Å². The monoisotopic (exact) mass is 424 g/mol. The third-order valence-corrected chi connectivity index (χ3v) is 5.52. The van der Waals surface area contributed by atoms with E-state index in [9.17, 15) is 34.8 Å². The fourth-order valence-corrected chi connectivity index (χ4v) is 3.41. The van der Waals surface area contributed by atoms with Crippen molar-refractivity contribution in [2.75, 3.05) is 5.75 Å². The van der Waals surface area contributed by atoms with Gasteiger partial charge >= 0.3 is 12.4 Å². The Balaban J connectivity index is 2.23. The van der Waals surface area contributed by atoms with E-state index in [2.05, 4.69) is 15.0 Å². The van der Waals surface area contributed by atoms with E-state index in [0.717, 1.165) is 16.9 Å². The first-order valence-corrected chi connectivity index (χ1v) is 9.20. The highest BCUT2D eigenvalue weighted by molar-refractivity contribution is 7.91. The summed E-state index contributed by atoms with van der Waals surface area (Å²) in [5.41, 5.74) is -3.32. The number of pyridine rings is 1. The summed E-state index contributed by atoms with van der Waals surface area (Å²) in [6, 6.07) is 1.06. The molecule has 3 aromatic rings. The molecular weight excluding hydrogens is 414 g/mol. The zero-order valence-electron chi connectivity index (χ0n) is 13.9. The number of halogens is 6. The fourth-order valence-electron chi connectivity index (χ4n) is 2.34. The molecule has 0 aromatic carbocycles. The number of sulfone groups is 1. The Hall–Kier alpha value is -2.70. The molecule has 0 saturated heterocycles. The van der Waals surface area contributed by atoms with Gasteiger partial charge in [0.15, 0.2) is 9.84 Å². The molecule has 0 amide bonds. The van der Waals surface area contributed by atoms with Gasteiger partial charge in [0.1, 0.15) is 29.1 Å². The number of fused-ring (bicyclic) bond motifs is 1. The average molecular weight is 424 g/mol. The van der Waals surface area contributed by atoms with Crippen LogP contribution in [0.1, 0.15) is 18.2 Å². The summed E-state index contributed by atoms with van der Waals surface area (Å²) in [4.78, 5) is 9.97. The summed E-state index contributed by atoms with van der Waals surface area (Å²) < 4.78 is 103. The third kappa shape index (κ3) is 3.66. The van der Waals surface area contributed by atoms with Crippen LogP contribution in [0.3, 0.4) is 0 Å². The van der Waals surface area contributed by atoms with Gasteiger partial charge < -0.3 is 0 Å². The topological polar surface area (TPSA) is 77.2 Å². The quantitative estimate of drug-likeness (QED) is 0.601. The molecule has 150 valence electrons. The molecule has 3 heterocycles. The van der Waals surface area contributed by atoms with Gasteiger partial charge in [0.25, 0.3) is 0 Å². The number of hydrogen-bond donors (Lipinski definition) is 0. The number of rotatable bonds is 3. The predicted octanol–water partition coefficient (Wildman–Crippen LogP) is 3.62. The Morgan fingerprint density at radius 3 is 2.29 bits per heavy atom. The van der Waals surface area contributed by atoms with Crippen LogP contribution in [0.15, 0.2) is 35.7 Å². The first-order chi connectivity index (χ1) is 12.8. The van der Waals surface area contributed by atoms with E-state index in [0.29, 0.717) is 18.3 Å². The van der Waals surface area contributed by atoms with E-state index in [1.54, 1.807) is 0 Å². The lowest BCUT2D eigenvalue weighted by atomic mass is 10.2. The highest BCUT2D eigenvalue weighted by Gasteiger charge is 2.35. The maximum atomic E-state index is 12.9. The van der Waals surface area contributed by atoms with Gasteiger partial charge in [-0.15, -0.1) is 0 Å². The molecule has 0 bridgehead atoms. The van der Waals surface area contributed by atoms with Crippen molar-refractivity contribution in [2.45, 2.75) is 24.2 Å². The maximum absolute atomic E-state index is 12.9. The molecule has 0 aliphatic carbocycles. The first-order valence-electron chi connectivity index (χ1n) is 7.55. The average Bonchev–Trinajstić information content (AvgIpc) is 3.02. The van der Waals surface area contributed by atoms with Gasteiger partial charge in [0, 0.05) is 18.5 Å². The SMILES string of the molecule is CCS(=O)(=O)c1cc(C(F)(F)F)cnc1-c1cn2cnc(C(F)(F)F)cc2n1. The molecule has 0 unspecified atom stereocenters. The number of hydrogen-bond acceptors (Lipinski definition) is 5. The van der Waals surface area contributed by atoms with Crippen LogP contribution in [-0.2, 0) is 22.2 Å². The molecule has 3 rings (SSSR count). The molecule has 13 heteroatoms. The van der Waals surface area contributed by atoms with Crippen molar-refractivity contribution in [2.24, 2.45) is 0 Å². The Kier molecular flexibility index (Phi) is 4.60. The van der Waals surface area contributed by atoms with Crippen molar-refractivity contribution in [1.29, 1.82) is 0 Å². The van der Waals surface area contributed by atoms with Crippen LogP contribution in [0.2, 0.25) is 0 Å². The van der Waals surface area contributed by atoms with Gasteiger partial charge in [0.2, 0.25) is 0 Å². The lowest BCUT2D eigenvalue weighted by Gasteiger charge is -2.11. The lowest BCUT2D eigenvalue weighted by molar-refractivity contribution is -0.141. The van der Waals surface area contributed by atoms with Crippen LogP contribution < -0.4 is 0 Å². The molecule has 0 N–H and O–H groups in total. The molecule has 0 radical (unpaired) electrons. The Morgan fingerprint density at radius 2 is 1.71 bits per heavy atom. The van der Waals surface area contributed by atoms with Gasteiger partial charge in [-0.05, 0) is 6.07 Å². The zero-order valence-corrected chi connectivity index (χ0v) is 14.7. The molecule has 0 spiro atoms. The molecular formula is C15H10F6N4O2S. The largest absolute Gasteiger partial charge is 0.433 e. The van der Waals surface area contributed by atoms with Gasteiger partial charge in [0.05, 0.1) is 16.2 Å². The van der Waals surface area contributed by atoms with Gasteiger partial charge in [-0.3, -0.25) is 9.38 Å². The second-order valence-corrected chi connectivity index (χ2v) is 7.88. The lowest BCUT2D eigenvalue weighted by Crippen LogP contribution is -2.12. The number of aromatic nitrogens is 4. The molecule has 0 aliphatic heterocycles. The predicted molar refractivity (Wildman–Crippen MR) is 83.9 cm³/mol. The molecule has 6 nitrogen and oxygen atoms in total. The molecule has 0 saturated carbocycles. The van der Waals surface area contributed by atoms with Crippen LogP contribution in [0.25, 0.3) is 17.0 Å². The summed E-state index contributed by atoms with van der Waals surface area (Å²) in [6.07, 6.45) is -7.17. The normalized spacial score (nSPS) is 13.2. The molecule has 28 heavy (non-hydrogen) atoms. The Morgan fingerprint density at radius 1 is 1.04 bits per heavy atom. The highest BCUT2D eigenvalue weighted by atomic mass is 32.2. The minimum atomic E-state index is -4.83. The van der Waals surface area contributed by atoms with Gasteiger partial charge in [-0.2, -0.15) is 26.3 Å². The zero-order chi connectivity index (χ0) is 20.9. The first kappa shape index (κ1) is 20.0. The van der Waals surface area contributed by atoms with Crippen molar-refractivity contribution >= 4 is 15.5 Å². The van der Waals surface area contributed by atoms with Crippen molar-refractivity contribution in [1.82, 2.24) is 19.4 Å². The van der Waals surface area contributed by atoms with Crippen LogP contribution in [0.4, 0.5) is 26.3 Å². The molecule has 3 aromatic heterocycles. The Bertz CT molecular complexity index is 1150. The minimum absolute atomic E-state index is 0.207. The maximum Gasteiger partial charge on any atom is 0.433 e. The minimum Gasteiger partial charge on any atom is -0.290 e. The van der Waals surface area contributed by atoms with Gasteiger partial charge in [-0.1, -0.05) is 6.92 Å². The summed E-state index contributed by atoms with van der Waals surface area (Å²) in [5, 5.41) is 0. The standard InChI is InChI=1S/C15H10F6N4O2S/c1-2-28(26,27)10-3-8(14(16,17)18)5-22-13(10)9-6-25-7-23-11(15(19,20)21)4-12(25)24-9/h3-7H,2H2,1H3. The van der Waals surface area contributed by atoms with Gasteiger partial charge in [-0.25, -0.2) is 18.4 Å².